The topological polar surface area (TPSA) is 48.0 Å². The maximum absolute atomic E-state index is 12.9. The Morgan fingerprint density at radius 3 is 2.58 bits per heavy atom. The molecule has 0 fully saturated rings. The molecule has 3 aromatic carbocycles. The zero-order valence-electron chi connectivity index (χ0n) is 14.5. The van der Waals surface area contributed by atoms with Crippen LogP contribution in [0.15, 0.2) is 69.9 Å². The van der Waals surface area contributed by atoms with Crippen LogP contribution >= 0.6 is 0 Å². The highest BCUT2D eigenvalue weighted by atomic mass is 16.3. The van der Waals surface area contributed by atoms with E-state index in [0.29, 0.717) is 11.5 Å². The van der Waals surface area contributed by atoms with Crippen molar-refractivity contribution in [2.45, 2.75) is 13.8 Å². The van der Waals surface area contributed by atoms with Crippen LogP contribution in [-0.4, -0.2) is 9.78 Å². The van der Waals surface area contributed by atoms with Gasteiger partial charge in [0.05, 0.1) is 5.69 Å². The van der Waals surface area contributed by atoms with E-state index in [9.17, 15) is 4.79 Å². The molecule has 0 saturated carbocycles. The number of nitrogens with zero attached hydrogens (tertiary/aromatic N) is 2. The minimum absolute atomic E-state index is 0.165. The summed E-state index contributed by atoms with van der Waals surface area (Å²) in [4.78, 5) is 12.9. The number of hydrogen-bond acceptors (Lipinski definition) is 3. The van der Waals surface area contributed by atoms with E-state index in [1.54, 1.807) is 0 Å². The summed E-state index contributed by atoms with van der Waals surface area (Å²) in [6.45, 7) is 4.07. The minimum atomic E-state index is -0.165. The fourth-order valence-electron chi connectivity index (χ4n) is 3.39. The first-order valence-electron chi connectivity index (χ1n) is 8.54. The number of aryl methyl sites for hydroxylation is 2. The Morgan fingerprint density at radius 1 is 0.885 bits per heavy atom. The van der Waals surface area contributed by atoms with Crippen molar-refractivity contribution in [1.29, 1.82) is 0 Å². The molecule has 0 aliphatic carbocycles. The Kier molecular flexibility index (Phi) is 3.04. The predicted molar refractivity (Wildman–Crippen MR) is 103 cm³/mol. The molecule has 5 rings (SSSR count). The third kappa shape index (κ3) is 2.09. The molecule has 0 radical (unpaired) electrons. The highest BCUT2D eigenvalue weighted by molar-refractivity contribution is 6.06. The van der Waals surface area contributed by atoms with Crippen LogP contribution in [0.4, 0.5) is 0 Å². The Balaban J connectivity index is 1.83. The van der Waals surface area contributed by atoms with Crippen LogP contribution in [0.2, 0.25) is 0 Å². The van der Waals surface area contributed by atoms with E-state index in [-0.39, 0.29) is 5.56 Å². The Bertz CT molecular complexity index is 1330. The first kappa shape index (κ1) is 14.9. The van der Waals surface area contributed by atoms with Gasteiger partial charge in [0.2, 0.25) is 5.89 Å². The summed E-state index contributed by atoms with van der Waals surface area (Å²) >= 11 is 0. The van der Waals surface area contributed by atoms with Gasteiger partial charge in [0.15, 0.2) is 0 Å². The second-order valence-electron chi connectivity index (χ2n) is 6.65. The highest BCUT2D eigenvalue weighted by Crippen LogP contribution is 2.30. The molecule has 0 atom stereocenters. The molecule has 0 saturated heterocycles. The number of benzene rings is 3. The van der Waals surface area contributed by atoms with Gasteiger partial charge < -0.3 is 4.42 Å². The van der Waals surface area contributed by atoms with E-state index in [0.717, 1.165) is 33.0 Å². The van der Waals surface area contributed by atoms with Gasteiger partial charge >= 0.3 is 0 Å². The third-order valence-electron chi connectivity index (χ3n) is 5.01. The Morgan fingerprint density at radius 2 is 1.73 bits per heavy atom. The maximum atomic E-state index is 12.9. The summed E-state index contributed by atoms with van der Waals surface area (Å²) in [5.74, 6) is 0.357. The normalized spacial score (nSPS) is 11.6. The summed E-state index contributed by atoms with van der Waals surface area (Å²) in [6.07, 6.45) is 0. The van der Waals surface area contributed by atoms with Crippen LogP contribution in [-0.2, 0) is 0 Å². The molecule has 126 valence electrons. The molecule has 2 aliphatic rings. The zero-order chi connectivity index (χ0) is 17.8. The quantitative estimate of drug-likeness (QED) is 0.410. The molecule has 2 aliphatic heterocycles. The van der Waals surface area contributed by atoms with Crippen molar-refractivity contribution in [3.8, 4) is 17.1 Å². The average molecular weight is 340 g/mol. The smallest absolute Gasteiger partial charge is 0.284 e. The number of fused-ring (bicyclic) bond motifs is 4. The molecule has 0 amide bonds. The molecule has 0 bridgehead atoms. The van der Waals surface area contributed by atoms with E-state index in [1.807, 2.05) is 68.4 Å². The van der Waals surface area contributed by atoms with Crippen molar-refractivity contribution in [3.63, 3.8) is 0 Å². The molecule has 4 heteroatoms. The van der Waals surface area contributed by atoms with Gasteiger partial charge in [-0.3, -0.25) is 4.79 Å². The number of hydrogen-bond donors (Lipinski definition) is 0. The van der Waals surface area contributed by atoms with Crippen LogP contribution in [0.25, 0.3) is 38.9 Å². The van der Waals surface area contributed by atoms with Gasteiger partial charge in [-0.05, 0) is 60.0 Å². The molecular weight excluding hydrogens is 324 g/mol. The second-order valence-corrected chi connectivity index (χ2v) is 6.65. The minimum Gasteiger partial charge on any atom is -0.436 e. The van der Waals surface area contributed by atoms with Gasteiger partial charge in [-0.1, -0.05) is 36.4 Å². The lowest BCUT2D eigenvalue weighted by atomic mass is 10.0. The van der Waals surface area contributed by atoms with E-state index in [4.69, 9.17) is 4.42 Å². The monoisotopic (exact) mass is 340 g/mol. The molecule has 0 spiro atoms. The van der Waals surface area contributed by atoms with Crippen LogP contribution in [0.3, 0.4) is 0 Å². The fourth-order valence-corrected chi connectivity index (χ4v) is 3.39. The SMILES string of the molecule is Cc1ccc(-n2nc3oc4ccc5ccccc5c4cc-3c2=O)cc1C. The summed E-state index contributed by atoms with van der Waals surface area (Å²) in [7, 11) is 0. The van der Waals surface area contributed by atoms with Gasteiger partial charge in [-0.2, -0.15) is 4.68 Å². The van der Waals surface area contributed by atoms with Gasteiger partial charge in [0.1, 0.15) is 11.1 Å². The van der Waals surface area contributed by atoms with Crippen molar-refractivity contribution >= 4 is 21.7 Å². The van der Waals surface area contributed by atoms with Crippen LogP contribution in [0, 0.1) is 13.8 Å². The molecule has 2 heterocycles. The van der Waals surface area contributed by atoms with Gasteiger partial charge in [0.25, 0.3) is 5.56 Å². The van der Waals surface area contributed by atoms with Crippen molar-refractivity contribution in [3.05, 3.63) is 82.1 Å². The summed E-state index contributed by atoms with van der Waals surface area (Å²) in [6, 6.07) is 19.8. The Labute approximate surface area is 149 Å². The van der Waals surface area contributed by atoms with Gasteiger partial charge in [-0.25, -0.2) is 0 Å². The first-order valence-corrected chi connectivity index (χ1v) is 8.54. The molecule has 26 heavy (non-hydrogen) atoms. The van der Waals surface area contributed by atoms with Gasteiger partial charge in [0, 0.05) is 5.39 Å². The lowest BCUT2D eigenvalue weighted by Crippen LogP contribution is -2.14. The molecule has 0 unspecified atom stereocenters. The summed E-state index contributed by atoms with van der Waals surface area (Å²) in [5, 5.41) is 7.52. The Hall–Kier alpha value is -3.40. The zero-order valence-corrected chi connectivity index (χ0v) is 14.5. The number of aromatic nitrogens is 2. The number of rotatable bonds is 1. The lowest BCUT2D eigenvalue weighted by Gasteiger charge is -2.04. The molecule has 4 nitrogen and oxygen atoms in total. The second kappa shape index (κ2) is 5.30. The summed E-state index contributed by atoms with van der Waals surface area (Å²) < 4.78 is 7.38. The van der Waals surface area contributed by atoms with Crippen LogP contribution in [0.1, 0.15) is 11.1 Å². The predicted octanol–water partition coefficient (Wildman–Crippen LogP) is 4.85. The first-order chi connectivity index (χ1) is 12.6. The van der Waals surface area contributed by atoms with Crippen LogP contribution < -0.4 is 5.56 Å². The standard InChI is InChI=1S/C22H16N2O2/c1-13-7-9-16(11-14(13)2)24-22(25)19-12-18-17-6-4-3-5-15(17)8-10-20(18)26-21(19)23-24/h3-12H,1-2H3. The average Bonchev–Trinajstić information content (AvgIpc) is 2.98. The van der Waals surface area contributed by atoms with E-state index < -0.39 is 0 Å². The molecule has 0 aromatic heterocycles. The van der Waals surface area contributed by atoms with Crippen molar-refractivity contribution in [1.82, 2.24) is 9.78 Å². The largest absolute Gasteiger partial charge is 0.436 e. The van der Waals surface area contributed by atoms with Crippen molar-refractivity contribution < 1.29 is 4.42 Å². The fraction of sp³-hybridized carbons (Fsp3) is 0.0909. The van der Waals surface area contributed by atoms with E-state index in [2.05, 4.69) is 11.2 Å². The van der Waals surface area contributed by atoms with Crippen molar-refractivity contribution in [2.24, 2.45) is 0 Å². The van der Waals surface area contributed by atoms with Gasteiger partial charge in [-0.15, -0.1) is 5.10 Å². The van der Waals surface area contributed by atoms with Crippen LogP contribution in [0.5, 0.6) is 0 Å². The maximum Gasteiger partial charge on any atom is 0.284 e. The molecule has 3 aromatic rings. The van der Waals surface area contributed by atoms with E-state index >= 15 is 0 Å². The summed E-state index contributed by atoms with van der Waals surface area (Å²) in [5.41, 5.74) is 4.10. The third-order valence-corrected chi connectivity index (χ3v) is 5.01. The highest BCUT2D eigenvalue weighted by Gasteiger charge is 2.20. The van der Waals surface area contributed by atoms with Crippen molar-refractivity contribution in [2.75, 3.05) is 0 Å². The van der Waals surface area contributed by atoms with E-state index in [1.165, 1.54) is 10.2 Å². The molecule has 0 N–H and O–H groups in total. The molecular formula is C22H16N2O2. The lowest BCUT2D eigenvalue weighted by molar-refractivity contribution is 0.591.